The third-order valence-corrected chi connectivity index (χ3v) is 29.9. The van der Waals surface area contributed by atoms with Gasteiger partial charge in [-0.15, -0.1) is 0 Å². The van der Waals surface area contributed by atoms with Gasteiger partial charge in [0.15, 0.2) is 22.3 Å². The molecule has 0 unspecified atom stereocenters. The largest absolute Gasteiger partial charge is 0.455 e. The molecule has 0 amide bonds. The van der Waals surface area contributed by atoms with E-state index in [0.717, 1.165) is 231 Å². The second-order valence-corrected chi connectivity index (χ2v) is 37.5. The quantitative estimate of drug-likeness (QED) is 0.150. The Morgan fingerprint density at radius 3 is 0.853 bits per heavy atom. The van der Waals surface area contributed by atoms with Crippen LogP contribution in [0.2, 0.25) is 0 Å². The van der Waals surface area contributed by atoms with Gasteiger partial charge in [-0.25, -0.2) is 0 Å². The number of benzene rings is 22. The molecular weight excluding hydrogens is 1750 g/mol. The third-order valence-electron chi connectivity index (χ3n) is 29.9. The van der Waals surface area contributed by atoms with Crippen LogP contribution in [0.3, 0.4) is 0 Å². The molecule has 0 saturated carbocycles. The highest BCUT2D eigenvalue weighted by molar-refractivity contribution is 6.28. The lowest BCUT2D eigenvalue weighted by Gasteiger charge is -2.11. The molecule has 0 spiro atoms. The predicted molar refractivity (Wildman–Crippen MR) is 591 cm³/mol. The van der Waals surface area contributed by atoms with E-state index in [1.807, 2.05) is 60.7 Å². The summed E-state index contributed by atoms with van der Waals surface area (Å²) in [4.78, 5) is 0. The molecule has 0 aliphatic carbocycles. The van der Waals surface area contributed by atoms with Crippen molar-refractivity contribution in [3.8, 4) is 61.8 Å². The highest BCUT2D eigenvalue weighted by Gasteiger charge is 2.28. The van der Waals surface area contributed by atoms with Crippen LogP contribution in [0, 0.1) is 0 Å². The highest BCUT2D eigenvalue weighted by atomic mass is 16.4. The van der Waals surface area contributed by atoms with Crippen molar-refractivity contribution in [2.24, 2.45) is 0 Å². The standard InChI is InChI=1S/C54H32N2O2.C48H28N2O2.C30H17NO2/c1-2-11-36(12-3-1)55-47-18-7-4-13-39(47)45-31-34(23-29-48(45)55)35-24-30-49-46(32-35)42-27-28-44-41-15-6-9-20-51(41)58-54(44)52(42)56(49)37-25-21-33(22-26-37)38-16-10-17-43-40-14-5-8-19-50(40)57-53(38)43;1-2-11-31(12-3-1)49-40-17-7-4-13-32(40)38-27-29(21-25-41(38)49)30-22-26-42-39(28-30)35-23-24-37-34-15-6-9-20-45(34)52-48(37)46(35)50(42)43-18-10-16-36-33-14-5-8-19-44(33)51-47(36)43;1-4-12-23-22(10-1)28-24(17-16-21-19-9-3-6-15-27(19)33-30(21)28)31(23)25-13-7-11-20-18-8-2-5-14-26(18)32-29(20)25/h1-32H;1-28H;1-17H. The predicted octanol–water partition coefficient (Wildman–Crippen LogP) is 36.9. The molecule has 11 aromatic heterocycles. The van der Waals surface area contributed by atoms with Crippen LogP contribution in [0.1, 0.15) is 0 Å². The Balaban J connectivity index is 0.000000102. The molecule has 0 radical (unpaired) electrons. The molecule has 0 N–H and O–H groups in total. The smallest absolute Gasteiger partial charge is 0.160 e. The second-order valence-electron chi connectivity index (χ2n) is 37.5. The SMILES string of the molecule is c1ccc(-n2c3ccccc3c3cc(-c4ccc5c(c4)c4ccc6c7ccccc7oc6c4n5-c4ccc(-c5cccc6c5oc5ccccc56)cc4)ccc32)cc1.c1ccc(-n2c3ccccc3c3cc(-c4ccc5c(c4)c4ccc6c7ccccc7oc6c4n5-c4cccc5c4oc4ccccc45)ccc32)cc1.c1ccc2c(c1)oc1c(-n3c4ccccc4c4c5oc6ccccc6c5ccc43)cccc12. The van der Waals surface area contributed by atoms with Gasteiger partial charge in [0, 0.05) is 136 Å². The monoisotopic (exact) mass is 1830 g/mol. The van der Waals surface area contributed by atoms with Crippen LogP contribution in [-0.4, -0.2) is 22.8 Å². The van der Waals surface area contributed by atoms with E-state index in [4.69, 9.17) is 26.5 Å². The summed E-state index contributed by atoms with van der Waals surface area (Å²) in [7, 11) is 0. The number of para-hydroxylation sites is 14. The van der Waals surface area contributed by atoms with Crippen LogP contribution >= 0.6 is 0 Å². The van der Waals surface area contributed by atoms with Gasteiger partial charge in [0.05, 0.1) is 71.9 Å². The van der Waals surface area contributed by atoms with E-state index in [2.05, 4.69) is 429 Å². The topological polar surface area (TPSA) is 103 Å². The zero-order valence-corrected chi connectivity index (χ0v) is 76.6. The summed E-state index contributed by atoms with van der Waals surface area (Å²) in [6.07, 6.45) is 0. The number of nitrogens with zero attached hydrogens (tertiary/aromatic N) is 5. The van der Waals surface area contributed by atoms with E-state index in [1.165, 1.54) is 71.1 Å². The van der Waals surface area contributed by atoms with Gasteiger partial charge in [0.2, 0.25) is 0 Å². The van der Waals surface area contributed by atoms with Crippen LogP contribution in [0.25, 0.3) is 302 Å². The minimum atomic E-state index is 0.861. The lowest BCUT2D eigenvalue weighted by molar-refractivity contribution is 0.664. The van der Waals surface area contributed by atoms with Gasteiger partial charge in [0.1, 0.15) is 44.7 Å². The lowest BCUT2D eigenvalue weighted by atomic mass is 10.0. The average molecular weight is 1830 g/mol. The molecule has 11 nitrogen and oxygen atoms in total. The molecule has 0 aliphatic heterocycles. The van der Waals surface area contributed by atoms with Gasteiger partial charge in [0.25, 0.3) is 0 Å². The summed E-state index contributed by atoms with van der Waals surface area (Å²) in [6, 6.07) is 166. The number of hydrogen-bond acceptors (Lipinski definition) is 6. The fourth-order valence-corrected chi connectivity index (χ4v) is 23.5. The summed E-state index contributed by atoms with van der Waals surface area (Å²) >= 11 is 0. The molecule has 11 heterocycles. The first kappa shape index (κ1) is 78.8. The van der Waals surface area contributed by atoms with Crippen molar-refractivity contribution in [1.29, 1.82) is 0 Å². The summed E-state index contributed by atoms with van der Waals surface area (Å²) in [5.41, 5.74) is 34.4. The van der Waals surface area contributed by atoms with Crippen LogP contribution in [-0.2, 0) is 0 Å². The molecule has 0 fully saturated rings. The first-order valence-electron chi connectivity index (χ1n) is 48.6. The Morgan fingerprint density at radius 1 is 0.133 bits per heavy atom. The van der Waals surface area contributed by atoms with Gasteiger partial charge in [-0.3, -0.25) is 0 Å². The summed E-state index contributed by atoms with van der Waals surface area (Å²) in [5, 5.41) is 25.4. The minimum Gasteiger partial charge on any atom is -0.455 e. The normalized spacial score (nSPS) is 12.2. The molecule has 0 atom stereocenters. The molecule has 143 heavy (non-hydrogen) atoms. The molecule has 0 saturated heterocycles. The van der Waals surface area contributed by atoms with E-state index < -0.39 is 0 Å². The third kappa shape index (κ3) is 11.7. The Bertz CT molecular complexity index is 11200. The number of rotatable bonds is 8. The second kappa shape index (κ2) is 30.6. The van der Waals surface area contributed by atoms with Crippen molar-refractivity contribution in [3.63, 3.8) is 0 Å². The Morgan fingerprint density at radius 2 is 0.406 bits per heavy atom. The number of fused-ring (bicyclic) bond motifs is 36. The summed E-state index contributed by atoms with van der Waals surface area (Å²) in [6.45, 7) is 0. The fraction of sp³-hybridized carbons (Fsp3) is 0. The first-order valence-corrected chi connectivity index (χ1v) is 48.6. The molecule has 22 aromatic carbocycles. The van der Waals surface area contributed by atoms with Crippen molar-refractivity contribution < 1.29 is 26.5 Å². The van der Waals surface area contributed by atoms with Crippen molar-refractivity contribution in [3.05, 3.63) is 467 Å². The maximum Gasteiger partial charge on any atom is 0.160 e. The Kier molecular flexibility index (Phi) is 16.8. The van der Waals surface area contributed by atoms with Gasteiger partial charge in [-0.1, -0.05) is 291 Å². The van der Waals surface area contributed by atoms with Gasteiger partial charge < -0.3 is 49.3 Å². The van der Waals surface area contributed by atoms with Gasteiger partial charge in [-0.05, 0) is 204 Å². The first-order chi connectivity index (χ1) is 70.9. The molecule has 666 valence electrons. The Hall–Kier alpha value is -19.4. The van der Waals surface area contributed by atoms with Gasteiger partial charge in [-0.2, -0.15) is 0 Å². The van der Waals surface area contributed by atoms with Gasteiger partial charge >= 0.3 is 0 Å². The molecule has 0 bridgehead atoms. The molecule has 33 aromatic rings. The fourth-order valence-electron chi connectivity index (χ4n) is 23.5. The minimum absolute atomic E-state index is 0.861. The van der Waals surface area contributed by atoms with Crippen molar-refractivity contribution in [1.82, 2.24) is 22.8 Å². The summed E-state index contributed by atoms with van der Waals surface area (Å²) < 4.78 is 51.1. The van der Waals surface area contributed by atoms with Crippen LogP contribution < -0.4 is 0 Å². The lowest BCUT2D eigenvalue weighted by Crippen LogP contribution is -1.95. The Labute approximate surface area is 813 Å². The van der Waals surface area contributed by atoms with E-state index >= 15 is 0 Å². The van der Waals surface area contributed by atoms with Crippen LogP contribution in [0.4, 0.5) is 0 Å². The highest BCUT2D eigenvalue weighted by Crippen LogP contribution is 2.50. The zero-order valence-electron chi connectivity index (χ0n) is 76.6. The molecule has 11 heteroatoms. The molecule has 0 aliphatic rings. The van der Waals surface area contributed by atoms with Crippen LogP contribution in [0.5, 0.6) is 0 Å². The summed E-state index contributed by atoms with van der Waals surface area (Å²) in [5.74, 6) is 0. The van der Waals surface area contributed by atoms with E-state index in [1.54, 1.807) is 0 Å². The number of hydrogen-bond donors (Lipinski definition) is 0. The van der Waals surface area contributed by atoms with E-state index in [9.17, 15) is 0 Å². The zero-order chi connectivity index (χ0) is 93.3. The number of furan rings is 6. The molecule has 33 rings (SSSR count). The molecular formula is C132H77N5O6. The van der Waals surface area contributed by atoms with Crippen molar-refractivity contribution in [2.75, 3.05) is 0 Å². The van der Waals surface area contributed by atoms with Crippen molar-refractivity contribution in [2.45, 2.75) is 0 Å². The van der Waals surface area contributed by atoms with Crippen molar-refractivity contribution >= 4 is 241 Å². The van der Waals surface area contributed by atoms with E-state index in [-0.39, 0.29) is 0 Å². The number of aromatic nitrogens is 5. The maximum absolute atomic E-state index is 6.73. The van der Waals surface area contributed by atoms with Crippen LogP contribution in [0.15, 0.2) is 494 Å². The van der Waals surface area contributed by atoms with E-state index in [0.29, 0.717) is 0 Å². The average Bonchev–Trinajstić information content (AvgIpc) is 1.56. The maximum atomic E-state index is 6.73.